The number of phenols is 1. The van der Waals surface area contributed by atoms with Crippen LogP contribution in [0.2, 0.25) is 0 Å². The van der Waals surface area contributed by atoms with Crippen LogP contribution in [-0.2, 0) is 4.74 Å². The molecule has 2 N–H and O–H groups in total. The molecule has 1 aliphatic rings. The standard InChI is InChI=1S/C22H24N2O6/c1-2-29-22(28)30-17-9-7-15(8-10-17)20(26)23-16-11-13-24(14-12-16)21(27)18-5-3-4-6-19(18)25/h3-10,16,25H,2,11-14H2,1H3,(H,23,26). The molecule has 2 amide bonds. The van der Waals surface area contributed by atoms with Crippen LogP contribution in [0.4, 0.5) is 4.79 Å². The maximum absolute atomic E-state index is 12.6. The number of nitrogens with one attached hydrogen (secondary N) is 1. The second kappa shape index (κ2) is 9.78. The van der Waals surface area contributed by atoms with E-state index in [1.54, 1.807) is 42.2 Å². The minimum absolute atomic E-state index is 0.0340. The molecule has 0 aromatic heterocycles. The first-order valence-electron chi connectivity index (χ1n) is 9.80. The largest absolute Gasteiger partial charge is 0.513 e. The van der Waals surface area contributed by atoms with E-state index in [1.165, 1.54) is 18.2 Å². The van der Waals surface area contributed by atoms with Crippen LogP contribution < -0.4 is 10.1 Å². The maximum atomic E-state index is 12.6. The van der Waals surface area contributed by atoms with Gasteiger partial charge in [-0.1, -0.05) is 12.1 Å². The molecule has 0 radical (unpaired) electrons. The van der Waals surface area contributed by atoms with Crippen molar-refractivity contribution in [1.82, 2.24) is 10.2 Å². The fraction of sp³-hybridized carbons (Fsp3) is 0.318. The van der Waals surface area contributed by atoms with Crippen LogP contribution >= 0.6 is 0 Å². The molecule has 0 spiro atoms. The monoisotopic (exact) mass is 412 g/mol. The quantitative estimate of drug-likeness (QED) is 0.578. The SMILES string of the molecule is CCOC(=O)Oc1ccc(C(=O)NC2CCN(C(=O)c3ccccc3O)CC2)cc1. The molecule has 0 bridgehead atoms. The first-order valence-corrected chi connectivity index (χ1v) is 9.80. The molecule has 2 aromatic carbocycles. The van der Waals surface area contributed by atoms with E-state index < -0.39 is 6.16 Å². The third-order valence-corrected chi connectivity index (χ3v) is 4.83. The summed E-state index contributed by atoms with van der Waals surface area (Å²) in [6, 6.07) is 12.6. The number of rotatable bonds is 5. The van der Waals surface area contributed by atoms with Crippen LogP contribution in [0.3, 0.4) is 0 Å². The number of hydrogen-bond donors (Lipinski definition) is 2. The van der Waals surface area contributed by atoms with Crippen LogP contribution in [0.1, 0.15) is 40.5 Å². The first kappa shape index (κ1) is 21.2. The van der Waals surface area contributed by atoms with Crippen molar-refractivity contribution in [3.63, 3.8) is 0 Å². The lowest BCUT2D eigenvalue weighted by Gasteiger charge is -2.32. The van der Waals surface area contributed by atoms with Crippen molar-refractivity contribution in [2.24, 2.45) is 0 Å². The van der Waals surface area contributed by atoms with E-state index in [2.05, 4.69) is 5.32 Å². The van der Waals surface area contributed by atoms with Gasteiger partial charge in [0.15, 0.2) is 0 Å². The number of amides is 2. The highest BCUT2D eigenvalue weighted by Crippen LogP contribution is 2.21. The zero-order valence-corrected chi connectivity index (χ0v) is 16.7. The van der Waals surface area contributed by atoms with E-state index in [1.807, 2.05) is 0 Å². The van der Waals surface area contributed by atoms with E-state index in [4.69, 9.17) is 9.47 Å². The molecule has 0 saturated carbocycles. The zero-order chi connectivity index (χ0) is 21.5. The summed E-state index contributed by atoms with van der Waals surface area (Å²) in [5, 5.41) is 12.8. The average Bonchev–Trinajstić information content (AvgIpc) is 2.75. The van der Waals surface area contributed by atoms with Gasteiger partial charge in [0.25, 0.3) is 11.8 Å². The number of ether oxygens (including phenoxy) is 2. The van der Waals surface area contributed by atoms with E-state index in [-0.39, 0.29) is 35.8 Å². The Morgan fingerprint density at radius 1 is 1.07 bits per heavy atom. The van der Waals surface area contributed by atoms with Crippen molar-refractivity contribution in [2.75, 3.05) is 19.7 Å². The Bertz CT molecular complexity index is 904. The van der Waals surface area contributed by atoms with Crippen LogP contribution in [0.5, 0.6) is 11.5 Å². The number of phenolic OH excluding ortho intramolecular Hbond substituents is 1. The van der Waals surface area contributed by atoms with Gasteiger partial charge in [-0.05, 0) is 56.2 Å². The Morgan fingerprint density at radius 2 is 1.73 bits per heavy atom. The smallest absolute Gasteiger partial charge is 0.507 e. The molecule has 0 aliphatic carbocycles. The van der Waals surface area contributed by atoms with E-state index >= 15 is 0 Å². The number of para-hydroxylation sites is 1. The van der Waals surface area contributed by atoms with Gasteiger partial charge in [-0.15, -0.1) is 0 Å². The molecule has 1 heterocycles. The molecule has 8 heteroatoms. The van der Waals surface area contributed by atoms with E-state index in [0.29, 0.717) is 37.2 Å². The van der Waals surface area contributed by atoms with Crippen molar-refractivity contribution in [3.8, 4) is 11.5 Å². The van der Waals surface area contributed by atoms with Gasteiger partial charge in [0.2, 0.25) is 0 Å². The molecule has 8 nitrogen and oxygen atoms in total. The summed E-state index contributed by atoms with van der Waals surface area (Å²) in [5.41, 5.74) is 0.726. The summed E-state index contributed by atoms with van der Waals surface area (Å²) in [6.45, 7) is 2.88. The Kier molecular flexibility index (Phi) is 6.90. The second-order valence-corrected chi connectivity index (χ2v) is 6.87. The molecule has 0 atom stereocenters. The second-order valence-electron chi connectivity index (χ2n) is 6.87. The van der Waals surface area contributed by atoms with Gasteiger partial charge < -0.3 is 24.8 Å². The van der Waals surface area contributed by atoms with Crippen molar-refractivity contribution < 1.29 is 29.0 Å². The van der Waals surface area contributed by atoms with Crippen LogP contribution in [0.15, 0.2) is 48.5 Å². The van der Waals surface area contributed by atoms with E-state index in [0.717, 1.165) is 0 Å². The summed E-state index contributed by atoms with van der Waals surface area (Å²) in [4.78, 5) is 38.0. The molecule has 158 valence electrons. The first-order chi connectivity index (χ1) is 14.5. The highest BCUT2D eigenvalue weighted by molar-refractivity contribution is 5.97. The number of carbonyl (C=O) groups is 3. The summed E-state index contributed by atoms with van der Waals surface area (Å²) in [7, 11) is 0. The highest BCUT2D eigenvalue weighted by Gasteiger charge is 2.26. The Labute approximate surface area is 174 Å². The van der Waals surface area contributed by atoms with Gasteiger partial charge in [0.1, 0.15) is 11.5 Å². The molecule has 1 fully saturated rings. The maximum Gasteiger partial charge on any atom is 0.513 e. The number of likely N-dealkylation sites (tertiary alicyclic amines) is 1. The lowest BCUT2D eigenvalue weighted by Crippen LogP contribution is -2.46. The number of aromatic hydroxyl groups is 1. The molecule has 1 saturated heterocycles. The fourth-order valence-corrected chi connectivity index (χ4v) is 3.24. The Balaban J connectivity index is 1.50. The van der Waals surface area contributed by atoms with Crippen LogP contribution in [0, 0.1) is 0 Å². The summed E-state index contributed by atoms with van der Waals surface area (Å²) >= 11 is 0. The summed E-state index contributed by atoms with van der Waals surface area (Å²) in [5.74, 6) is -0.187. The summed E-state index contributed by atoms with van der Waals surface area (Å²) in [6.07, 6.45) is 0.449. The van der Waals surface area contributed by atoms with Crippen molar-refractivity contribution >= 4 is 18.0 Å². The van der Waals surface area contributed by atoms with Crippen molar-refractivity contribution in [1.29, 1.82) is 0 Å². The molecule has 2 aromatic rings. The molecule has 1 aliphatic heterocycles. The minimum atomic E-state index is -0.792. The van der Waals surface area contributed by atoms with Gasteiger partial charge >= 0.3 is 6.16 Å². The number of piperidine rings is 1. The van der Waals surface area contributed by atoms with Gasteiger partial charge in [-0.2, -0.15) is 0 Å². The molecular formula is C22H24N2O6. The molecular weight excluding hydrogens is 388 g/mol. The van der Waals surface area contributed by atoms with Gasteiger partial charge in [-0.3, -0.25) is 9.59 Å². The molecule has 3 rings (SSSR count). The predicted molar refractivity (Wildman–Crippen MR) is 109 cm³/mol. The minimum Gasteiger partial charge on any atom is -0.507 e. The van der Waals surface area contributed by atoms with Crippen LogP contribution in [-0.4, -0.2) is 53.7 Å². The van der Waals surface area contributed by atoms with Crippen LogP contribution in [0.25, 0.3) is 0 Å². The predicted octanol–water partition coefficient (Wildman–Crippen LogP) is 2.96. The van der Waals surface area contributed by atoms with E-state index in [9.17, 15) is 19.5 Å². The highest BCUT2D eigenvalue weighted by atomic mass is 16.7. The van der Waals surface area contributed by atoms with Crippen molar-refractivity contribution in [3.05, 3.63) is 59.7 Å². The average molecular weight is 412 g/mol. The molecule has 30 heavy (non-hydrogen) atoms. The number of nitrogens with zero attached hydrogens (tertiary/aromatic N) is 1. The lowest BCUT2D eigenvalue weighted by molar-refractivity contribution is 0.0695. The number of benzene rings is 2. The topological polar surface area (TPSA) is 105 Å². The Morgan fingerprint density at radius 3 is 2.37 bits per heavy atom. The molecule has 0 unspecified atom stereocenters. The van der Waals surface area contributed by atoms with Gasteiger partial charge in [0.05, 0.1) is 12.2 Å². The van der Waals surface area contributed by atoms with Gasteiger partial charge in [0, 0.05) is 24.7 Å². The van der Waals surface area contributed by atoms with Crippen molar-refractivity contribution in [2.45, 2.75) is 25.8 Å². The third kappa shape index (κ3) is 5.28. The third-order valence-electron chi connectivity index (χ3n) is 4.83. The number of carbonyl (C=O) groups excluding carboxylic acids is 3. The van der Waals surface area contributed by atoms with Gasteiger partial charge in [-0.25, -0.2) is 4.79 Å². The normalized spacial score (nSPS) is 14.1. The Hall–Kier alpha value is -3.55. The lowest BCUT2D eigenvalue weighted by atomic mass is 10.0. The fourth-order valence-electron chi connectivity index (χ4n) is 3.24. The zero-order valence-electron chi connectivity index (χ0n) is 16.7. The number of hydrogen-bond acceptors (Lipinski definition) is 6. The summed E-state index contributed by atoms with van der Waals surface area (Å²) < 4.78 is 9.67.